The number of nitrogens with zero attached hydrogens (tertiary/aromatic N) is 3. The molecule has 0 aliphatic rings. The summed E-state index contributed by atoms with van der Waals surface area (Å²) in [6, 6.07) is 10.2. The maximum absolute atomic E-state index is 12.4. The van der Waals surface area contributed by atoms with Crippen LogP contribution in [0.2, 0.25) is 0 Å². The van der Waals surface area contributed by atoms with Crippen molar-refractivity contribution in [2.24, 2.45) is 7.05 Å². The van der Waals surface area contributed by atoms with Crippen LogP contribution >= 0.6 is 0 Å². The van der Waals surface area contributed by atoms with Gasteiger partial charge in [-0.3, -0.25) is 9.48 Å². The number of rotatable bonds is 5. The van der Waals surface area contributed by atoms with Crippen LogP contribution in [0.5, 0.6) is 0 Å². The van der Waals surface area contributed by atoms with Crippen molar-refractivity contribution in [2.75, 3.05) is 13.7 Å². The molecule has 0 saturated carbocycles. The van der Waals surface area contributed by atoms with E-state index in [9.17, 15) is 4.79 Å². The Morgan fingerprint density at radius 3 is 2.86 bits per heavy atom. The van der Waals surface area contributed by atoms with Crippen molar-refractivity contribution in [3.63, 3.8) is 0 Å². The van der Waals surface area contributed by atoms with E-state index in [4.69, 9.17) is 10.00 Å². The molecular formula is C15H16N4O2. The van der Waals surface area contributed by atoms with E-state index in [0.717, 1.165) is 5.69 Å². The zero-order valence-corrected chi connectivity index (χ0v) is 11.9. The molecule has 1 aromatic carbocycles. The summed E-state index contributed by atoms with van der Waals surface area (Å²) in [5.74, 6) is -0.310. The third-order valence-corrected chi connectivity index (χ3v) is 3.15. The lowest BCUT2D eigenvalue weighted by Gasteiger charge is -2.18. The summed E-state index contributed by atoms with van der Waals surface area (Å²) in [7, 11) is 3.37. The SMILES string of the molecule is COCC(NC(=O)c1ccccc1C#N)c1ccnn1C. The van der Waals surface area contributed by atoms with Crippen LogP contribution in [-0.2, 0) is 11.8 Å². The van der Waals surface area contributed by atoms with Gasteiger partial charge < -0.3 is 10.1 Å². The predicted molar refractivity (Wildman–Crippen MR) is 76.4 cm³/mol. The number of methoxy groups -OCH3 is 1. The van der Waals surface area contributed by atoms with Crippen molar-refractivity contribution in [3.05, 3.63) is 53.3 Å². The second kappa shape index (κ2) is 6.68. The number of ether oxygens (including phenoxy) is 1. The average molecular weight is 284 g/mol. The lowest BCUT2D eigenvalue weighted by atomic mass is 10.1. The molecule has 0 aliphatic heterocycles. The third-order valence-electron chi connectivity index (χ3n) is 3.15. The van der Waals surface area contributed by atoms with Gasteiger partial charge in [-0.25, -0.2) is 0 Å². The Bertz CT molecular complexity index is 672. The summed E-state index contributed by atoms with van der Waals surface area (Å²) >= 11 is 0. The Labute approximate surface area is 123 Å². The van der Waals surface area contributed by atoms with E-state index in [1.54, 1.807) is 49.3 Å². The minimum absolute atomic E-state index is 0.310. The number of nitriles is 1. The lowest BCUT2D eigenvalue weighted by Crippen LogP contribution is -2.33. The number of hydrogen-bond donors (Lipinski definition) is 1. The highest BCUT2D eigenvalue weighted by atomic mass is 16.5. The molecule has 0 spiro atoms. The second-order valence-corrected chi connectivity index (χ2v) is 4.52. The average Bonchev–Trinajstić information content (AvgIpc) is 2.92. The molecule has 108 valence electrons. The number of nitrogens with one attached hydrogen (secondary N) is 1. The molecule has 1 unspecified atom stereocenters. The van der Waals surface area contributed by atoms with Crippen LogP contribution in [0.15, 0.2) is 36.5 Å². The summed E-state index contributed by atoms with van der Waals surface area (Å²) in [5, 5.41) is 16.0. The Kier molecular flexibility index (Phi) is 4.69. The molecule has 2 rings (SSSR count). The first-order chi connectivity index (χ1) is 10.2. The minimum Gasteiger partial charge on any atom is -0.382 e. The van der Waals surface area contributed by atoms with Crippen LogP contribution in [0.4, 0.5) is 0 Å². The fourth-order valence-electron chi connectivity index (χ4n) is 2.11. The molecule has 1 atom stereocenters. The summed E-state index contributed by atoms with van der Waals surface area (Å²) in [6.07, 6.45) is 1.66. The third kappa shape index (κ3) is 3.27. The van der Waals surface area contributed by atoms with Crippen LogP contribution in [0, 0.1) is 11.3 Å². The van der Waals surface area contributed by atoms with Gasteiger partial charge in [-0.05, 0) is 18.2 Å². The first-order valence-electron chi connectivity index (χ1n) is 6.44. The first kappa shape index (κ1) is 14.8. The summed E-state index contributed by atoms with van der Waals surface area (Å²) in [5.41, 5.74) is 1.53. The van der Waals surface area contributed by atoms with Gasteiger partial charge in [0.2, 0.25) is 0 Å². The van der Waals surface area contributed by atoms with Gasteiger partial charge in [-0.15, -0.1) is 0 Å². The normalized spacial score (nSPS) is 11.7. The zero-order valence-electron chi connectivity index (χ0n) is 11.9. The van der Waals surface area contributed by atoms with Gasteiger partial charge in [-0.1, -0.05) is 12.1 Å². The monoisotopic (exact) mass is 284 g/mol. The maximum atomic E-state index is 12.4. The lowest BCUT2D eigenvalue weighted by molar-refractivity contribution is 0.0892. The van der Waals surface area contributed by atoms with Crippen molar-refractivity contribution >= 4 is 5.91 Å². The molecule has 6 nitrogen and oxygen atoms in total. The van der Waals surface area contributed by atoms with Crippen LogP contribution in [0.3, 0.4) is 0 Å². The van der Waals surface area contributed by atoms with Gasteiger partial charge in [0.15, 0.2) is 0 Å². The topological polar surface area (TPSA) is 79.9 Å². The van der Waals surface area contributed by atoms with Gasteiger partial charge >= 0.3 is 0 Å². The minimum atomic E-state index is -0.332. The number of carbonyl (C=O) groups is 1. The van der Waals surface area contributed by atoms with Gasteiger partial charge in [0.05, 0.1) is 35.5 Å². The van der Waals surface area contributed by atoms with Crippen molar-refractivity contribution in [3.8, 4) is 6.07 Å². The van der Waals surface area contributed by atoms with E-state index in [2.05, 4.69) is 10.4 Å². The number of carbonyl (C=O) groups excluding carboxylic acids is 1. The molecule has 1 aromatic heterocycles. The van der Waals surface area contributed by atoms with Gasteiger partial charge in [0.25, 0.3) is 5.91 Å². The van der Waals surface area contributed by atoms with E-state index < -0.39 is 0 Å². The summed E-state index contributed by atoms with van der Waals surface area (Å²) in [6.45, 7) is 0.319. The summed E-state index contributed by atoms with van der Waals surface area (Å²) < 4.78 is 6.84. The van der Waals surface area contributed by atoms with Gasteiger partial charge in [0, 0.05) is 20.4 Å². The van der Waals surface area contributed by atoms with Crippen molar-refractivity contribution in [2.45, 2.75) is 6.04 Å². The van der Waals surface area contributed by atoms with Crippen LogP contribution < -0.4 is 5.32 Å². The number of aromatic nitrogens is 2. The van der Waals surface area contributed by atoms with E-state index in [-0.39, 0.29) is 11.9 Å². The molecule has 0 bridgehead atoms. The highest BCUT2D eigenvalue weighted by molar-refractivity contribution is 5.96. The number of benzene rings is 1. The number of aryl methyl sites for hydroxylation is 1. The molecular weight excluding hydrogens is 268 g/mol. The Morgan fingerprint density at radius 1 is 1.48 bits per heavy atom. The quantitative estimate of drug-likeness (QED) is 0.900. The molecule has 0 radical (unpaired) electrons. The Morgan fingerprint density at radius 2 is 2.24 bits per heavy atom. The van der Waals surface area contributed by atoms with Crippen LogP contribution in [0.1, 0.15) is 27.7 Å². The summed E-state index contributed by atoms with van der Waals surface area (Å²) in [4.78, 5) is 12.4. The molecule has 1 heterocycles. The fraction of sp³-hybridized carbons (Fsp3) is 0.267. The van der Waals surface area contributed by atoms with E-state index in [0.29, 0.717) is 17.7 Å². The molecule has 0 saturated heterocycles. The highest BCUT2D eigenvalue weighted by Gasteiger charge is 2.19. The molecule has 6 heteroatoms. The smallest absolute Gasteiger partial charge is 0.253 e. The fourth-order valence-corrected chi connectivity index (χ4v) is 2.11. The van der Waals surface area contributed by atoms with Crippen LogP contribution in [0.25, 0.3) is 0 Å². The van der Waals surface area contributed by atoms with E-state index >= 15 is 0 Å². The maximum Gasteiger partial charge on any atom is 0.253 e. The van der Waals surface area contributed by atoms with Crippen molar-refractivity contribution in [1.82, 2.24) is 15.1 Å². The van der Waals surface area contributed by atoms with E-state index in [1.807, 2.05) is 12.1 Å². The molecule has 21 heavy (non-hydrogen) atoms. The zero-order chi connectivity index (χ0) is 15.2. The Balaban J connectivity index is 2.23. The molecule has 2 aromatic rings. The second-order valence-electron chi connectivity index (χ2n) is 4.52. The van der Waals surface area contributed by atoms with Gasteiger partial charge in [0.1, 0.15) is 0 Å². The first-order valence-corrected chi connectivity index (χ1v) is 6.44. The van der Waals surface area contributed by atoms with Crippen molar-refractivity contribution in [1.29, 1.82) is 5.26 Å². The van der Waals surface area contributed by atoms with Crippen molar-refractivity contribution < 1.29 is 9.53 Å². The van der Waals surface area contributed by atoms with Gasteiger partial charge in [-0.2, -0.15) is 10.4 Å². The number of hydrogen-bond acceptors (Lipinski definition) is 4. The standard InChI is InChI=1S/C15H16N4O2/c1-19-14(7-8-17-19)13(10-21-2)18-15(20)12-6-4-3-5-11(12)9-16/h3-8,13H,10H2,1-2H3,(H,18,20). The molecule has 0 fully saturated rings. The predicted octanol–water partition coefficient (Wildman–Crippen LogP) is 1.41. The largest absolute Gasteiger partial charge is 0.382 e. The molecule has 1 N–H and O–H groups in total. The van der Waals surface area contributed by atoms with E-state index in [1.165, 1.54) is 0 Å². The highest BCUT2D eigenvalue weighted by Crippen LogP contribution is 2.14. The molecule has 1 amide bonds. The molecule has 0 aliphatic carbocycles. The van der Waals surface area contributed by atoms with Crippen LogP contribution in [-0.4, -0.2) is 29.4 Å². The Hall–Kier alpha value is -2.65. The number of amides is 1.